The Morgan fingerprint density at radius 2 is 1.72 bits per heavy atom. The minimum atomic E-state index is -0.628. The molecule has 0 saturated carbocycles. The van der Waals surface area contributed by atoms with Crippen molar-refractivity contribution >= 4 is 31.9 Å². The molecule has 2 nitrogen and oxygen atoms in total. The van der Waals surface area contributed by atoms with E-state index in [1.54, 1.807) is 0 Å². The maximum Gasteiger partial charge on any atom is 0.194 e. The van der Waals surface area contributed by atoms with E-state index in [1.807, 2.05) is 18.2 Å². The Bertz CT molecular complexity index is 382. The molecule has 0 aromatic heterocycles. The molecule has 4 heteroatoms. The third-order valence-corrected chi connectivity index (χ3v) is 5.09. The SMILES string of the molecule is CC1(C)COC(CBr)(C(Br)c2ccccc2)OC1. The van der Waals surface area contributed by atoms with Gasteiger partial charge in [-0.05, 0) is 5.56 Å². The van der Waals surface area contributed by atoms with Gasteiger partial charge in [0.15, 0.2) is 5.79 Å². The highest BCUT2D eigenvalue weighted by Crippen LogP contribution is 2.43. The maximum atomic E-state index is 6.03. The minimum absolute atomic E-state index is 0.0154. The van der Waals surface area contributed by atoms with Crippen molar-refractivity contribution in [1.82, 2.24) is 0 Å². The van der Waals surface area contributed by atoms with Crippen LogP contribution < -0.4 is 0 Å². The van der Waals surface area contributed by atoms with Crippen LogP contribution in [0.3, 0.4) is 0 Å². The van der Waals surface area contributed by atoms with E-state index in [4.69, 9.17) is 9.47 Å². The molecular formula is C14H18Br2O2. The lowest BCUT2D eigenvalue weighted by Crippen LogP contribution is -2.51. The van der Waals surface area contributed by atoms with Gasteiger partial charge >= 0.3 is 0 Å². The summed E-state index contributed by atoms with van der Waals surface area (Å²) in [7, 11) is 0. The fourth-order valence-corrected chi connectivity index (χ4v) is 3.70. The van der Waals surface area contributed by atoms with Gasteiger partial charge in [-0.2, -0.15) is 0 Å². The number of benzene rings is 1. The van der Waals surface area contributed by atoms with Gasteiger partial charge in [0.05, 0.1) is 23.4 Å². The number of alkyl halides is 2. The van der Waals surface area contributed by atoms with E-state index in [0.29, 0.717) is 18.5 Å². The second-order valence-electron chi connectivity index (χ2n) is 5.46. The molecule has 2 rings (SSSR count). The largest absolute Gasteiger partial charge is 0.347 e. The first-order valence-electron chi connectivity index (χ1n) is 6.02. The molecule has 1 atom stereocenters. The molecule has 1 aromatic rings. The Hall–Kier alpha value is 0.1000. The number of hydrogen-bond acceptors (Lipinski definition) is 2. The maximum absolute atomic E-state index is 6.03. The molecule has 100 valence electrons. The molecule has 0 spiro atoms. The molecule has 1 aliphatic rings. The lowest BCUT2D eigenvalue weighted by molar-refractivity contribution is -0.285. The predicted octanol–water partition coefficient (Wildman–Crippen LogP) is 4.29. The molecule has 0 aliphatic carbocycles. The van der Waals surface area contributed by atoms with Gasteiger partial charge in [0, 0.05) is 5.41 Å². The third kappa shape index (κ3) is 2.98. The second-order valence-corrected chi connectivity index (χ2v) is 6.94. The van der Waals surface area contributed by atoms with Gasteiger partial charge in [-0.25, -0.2) is 0 Å². The van der Waals surface area contributed by atoms with E-state index in [1.165, 1.54) is 0 Å². The summed E-state index contributed by atoms with van der Waals surface area (Å²) in [5.41, 5.74) is 1.24. The van der Waals surface area contributed by atoms with E-state index in [-0.39, 0.29) is 10.2 Å². The molecule has 1 aromatic carbocycles. The molecule has 1 aliphatic heterocycles. The Morgan fingerprint density at radius 1 is 1.17 bits per heavy atom. The summed E-state index contributed by atoms with van der Waals surface area (Å²) in [5.74, 6) is -0.628. The highest BCUT2D eigenvalue weighted by atomic mass is 79.9. The molecule has 0 bridgehead atoms. The lowest BCUT2D eigenvalue weighted by Gasteiger charge is -2.45. The number of ether oxygens (including phenoxy) is 2. The molecule has 1 saturated heterocycles. The van der Waals surface area contributed by atoms with E-state index in [2.05, 4.69) is 57.8 Å². The summed E-state index contributed by atoms with van der Waals surface area (Å²) in [4.78, 5) is 0.0154. The fourth-order valence-electron chi connectivity index (χ4n) is 1.89. The molecule has 0 amide bonds. The second kappa shape index (κ2) is 5.61. The quantitative estimate of drug-likeness (QED) is 0.731. The topological polar surface area (TPSA) is 18.5 Å². The highest BCUT2D eigenvalue weighted by Gasteiger charge is 2.45. The van der Waals surface area contributed by atoms with Crippen LogP contribution in [0.5, 0.6) is 0 Å². The van der Waals surface area contributed by atoms with E-state index in [0.717, 1.165) is 5.56 Å². The van der Waals surface area contributed by atoms with Crippen molar-refractivity contribution in [2.45, 2.75) is 24.5 Å². The monoisotopic (exact) mass is 376 g/mol. The zero-order valence-corrected chi connectivity index (χ0v) is 13.8. The van der Waals surface area contributed by atoms with Gasteiger partial charge in [-0.15, -0.1) is 0 Å². The summed E-state index contributed by atoms with van der Waals surface area (Å²) in [6.07, 6.45) is 0. The lowest BCUT2D eigenvalue weighted by atomic mass is 9.94. The average Bonchev–Trinajstić information content (AvgIpc) is 2.40. The number of rotatable bonds is 3. The minimum Gasteiger partial charge on any atom is -0.347 e. The predicted molar refractivity (Wildman–Crippen MR) is 80.3 cm³/mol. The fraction of sp³-hybridized carbons (Fsp3) is 0.571. The van der Waals surface area contributed by atoms with Crippen molar-refractivity contribution < 1.29 is 9.47 Å². The van der Waals surface area contributed by atoms with Crippen LogP contribution in [0, 0.1) is 5.41 Å². The molecular weight excluding hydrogens is 360 g/mol. The van der Waals surface area contributed by atoms with Crippen molar-refractivity contribution in [2.75, 3.05) is 18.5 Å². The van der Waals surface area contributed by atoms with Crippen LogP contribution in [0.25, 0.3) is 0 Å². The molecule has 0 radical (unpaired) electrons. The Kier molecular flexibility index (Phi) is 4.52. The van der Waals surface area contributed by atoms with Crippen LogP contribution >= 0.6 is 31.9 Å². The van der Waals surface area contributed by atoms with Gasteiger partial charge in [-0.3, -0.25) is 0 Å². The van der Waals surface area contributed by atoms with Gasteiger partial charge in [0.2, 0.25) is 0 Å². The summed E-state index contributed by atoms with van der Waals surface area (Å²) in [5, 5.41) is 0.640. The summed E-state index contributed by atoms with van der Waals surface area (Å²) in [6.45, 7) is 5.70. The first-order valence-corrected chi connectivity index (χ1v) is 8.06. The molecule has 1 unspecified atom stereocenters. The Labute approximate surface area is 125 Å². The van der Waals surface area contributed by atoms with Crippen LogP contribution in [0.15, 0.2) is 30.3 Å². The first kappa shape index (κ1) is 14.5. The van der Waals surface area contributed by atoms with Crippen LogP contribution in [0.1, 0.15) is 24.2 Å². The average molecular weight is 378 g/mol. The smallest absolute Gasteiger partial charge is 0.194 e. The van der Waals surface area contributed by atoms with Gasteiger partial charge in [0.25, 0.3) is 0 Å². The van der Waals surface area contributed by atoms with Gasteiger partial charge in [-0.1, -0.05) is 76.0 Å². The van der Waals surface area contributed by atoms with Crippen LogP contribution in [0.2, 0.25) is 0 Å². The van der Waals surface area contributed by atoms with Crippen molar-refractivity contribution in [2.24, 2.45) is 5.41 Å². The van der Waals surface area contributed by atoms with Crippen molar-refractivity contribution in [3.05, 3.63) is 35.9 Å². The standard InChI is InChI=1S/C14H18Br2O2/c1-13(2)9-17-14(8-15,18-10-13)12(16)11-6-4-3-5-7-11/h3-7,12H,8-10H2,1-2H3. The normalized spacial score (nSPS) is 23.6. The molecule has 18 heavy (non-hydrogen) atoms. The zero-order valence-electron chi connectivity index (χ0n) is 10.7. The molecule has 1 heterocycles. The van der Waals surface area contributed by atoms with Crippen molar-refractivity contribution in [1.29, 1.82) is 0 Å². The third-order valence-electron chi connectivity index (χ3n) is 3.08. The van der Waals surface area contributed by atoms with Gasteiger partial charge in [0.1, 0.15) is 0 Å². The van der Waals surface area contributed by atoms with Crippen LogP contribution in [-0.2, 0) is 9.47 Å². The van der Waals surface area contributed by atoms with Crippen LogP contribution in [0.4, 0.5) is 0 Å². The van der Waals surface area contributed by atoms with Gasteiger partial charge < -0.3 is 9.47 Å². The number of halogens is 2. The zero-order chi connectivity index (χ0) is 13.2. The Morgan fingerprint density at radius 3 is 2.22 bits per heavy atom. The van der Waals surface area contributed by atoms with E-state index < -0.39 is 5.79 Å². The molecule has 1 fully saturated rings. The first-order chi connectivity index (χ1) is 8.49. The number of hydrogen-bond donors (Lipinski definition) is 0. The summed E-state index contributed by atoms with van der Waals surface area (Å²) < 4.78 is 12.1. The summed E-state index contributed by atoms with van der Waals surface area (Å²) in [6, 6.07) is 10.2. The van der Waals surface area contributed by atoms with E-state index in [9.17, 15) is 0 Å². The van der Waals surface area contributed by atoms with Crippen molar-refractivity contribution in [3.63, 3.8) is 0 Å². The van der Waals surface area contributed by atoms with Crippen molar-refractivity contribution in [3.8, 4) is 0 Å². The highest BCUT2D eigenvalue weighted by molar-refractivity contribution is 9.10. The molecule has 0 N–H and O–H groups in total. The van der Waals surface area contributed by atoms with E-state index >= 15 is 0 Å². The summed E-state index contributed by atoms with van der Waals surface area (Å²) >= 11 is 7.25. The van der Waals surface area contributed by atoms with Crippen LogP contribution in [-0.4, -0.2) is 24.3 Å². The Balaban J connectivity index is 2.19.